The van der Waals surface area contributed by atoms with Crippen LogP contribution >= 0.6 is 0 Å². The van der Waals surface area contributed by atoms with Gasteiger partial charge in [-0.2, -0.15) is 0 Å². The first-order valence-corrected chi connectivity index (χ1v) is 11.3. The van der Waals surface area contributed by atoms with Crippen LogP contribution in [0.5, 0.6) is 0 Å². The molecule has 7 heteroatoms. The molecule has 0 aromatic carbocycles. The number of rotatable bonds is 4. The molecule has 0 radical (unpaired) electrons. The highest BCUT2D eigenvalue weighted by Gasteiger charge is 2.44. The molecule has 28 heavy (non-hydrogen) atoms. The summed E-state index contributed by atoms with van der Waals surface area (Å²) in [5.41, 5.74) is 6.20. The van der Waals surface area contributed by atoms with Crippen LogP contribution in [0.15, 0.2) is 0 Å². The highest BCUT2D eigenvalue weighted by Crippen LogP contribution is 2.31. The third-order valence-corrected chi connectivity index (χ3v) is 6.58. The summed E-state index contributed by atoms with van der Waals surface area (Å²) in [6, 6.07) is 0. The Morgan fingerprint density at radius 2 is 1.75 bits per heavy atom. The summed E-state index contributed by atoms with van der Waals surface area (Å²) in [5.74, 6) is 0.403. The lowest BCUT2D eigenvalue weighted by atomic mass is 9.85. The molecule has 3 rings (SSSR count). The predicted molar refractivity (Wildman–Crippen MR) is 108 cm³/mol. The molecule has 0 aromatic heterocycles. The van der Waals surface area contributed by atoms with E-state index in [1.165, 1.54) is 51.4 Å². The van der Waals surface area contributed by atoms with Crippen molar-refractivity contribution in [3.8, 4) is 0 Å². The number of hydrazine groups is 1. The number of hydrogen-bond acceptors (Lipinski definition) is 5. The Hall–Kier alpha value is -0.760. The van der Waals surface area contributed by atoms with Gasteiger partial charge in [-0.15, -0.1) is 0 Å². The van der Waals surface area contributed by atoms with E-state index in [-0.39, 0.29) is 24.2 Å². The average molecular weight is 399 g/mol. The predicted octanol–water partition coefficient (Wildman–Crippen LogP) is 2.84. The van der Waals surface area contributed by atoms with Gasteiger partial charge in [0.05, 0.1) is 24.4 Å². The molecule has 3 N–H and O–H groups in total. The molecule has 4 atom stereocenters. The van der Waals surface area contributed by atoms with Gasteiger partial charge in [0.15, 0.2) is 6.17 Å². The van der Waals surface area contributed by atoms with Crippen LogP contribution in [0.1, 0.15) is 78.6 Å². The SMILES string of the molecule is CC(C)O[C@H]1CCN(C(=O)C2NNC(C)(C3CCCCCCCC3)N2)C[C@H]1F. The van der Waals surface area contributed by atoms with E-state index < -0.39 is 18.4 Å². The summed E-state index contributed by atoms with van der Waals surface area (Å²) in [6.45, 7) is 6.63. The van der Waals surface area contributed by atoms with Crippen LogP contribution in [0.25, 0.3) is 0 Å². The topological polar surface area (TPSA) is 65.6 Å². The minimum absolute atomic E-state index is 0.00143. The van der Waals surface area contributed by atoms with Crippen molar-refractivity contribution in [2.24, 2.45) is 5.92 Å². The number of nitrogens with one attached hydrogen (secondary N) is 3. The third-order valence-electron chi connectivity index (χ3n) is 6.58. The Balaban J connectivity index is 1.54. The van der Waals surface area contributed by atoms with Gasteiger partial charge >= 0.3 is 0 Å². The van der Waals surface area contributed by atoms with E-state index in [4.69, 9.17) is 4.74 Å². The molecule has 3 aliphatic rings. The fourth-order valence-electron chi connectivity index (χ4n) is 4.92. The first-order valence-electron chi connectivity index (χ1n) is 11.3. The van der Waals surface area contributed by atoms with Crippen molar-refractivity contribution in [1.29, 1.82) is 0 Å². The maximum atomic E-state index is 14.5. The number of nitrogens with zero attached hydrogens (tertiary/aromatic N) is 1. The van der Waals surface area contributed by atoms with Gasteiger partial charge in [-0.1, -0.05) is 38.5 Å². The molecule has 0 spiro atoms. The van der Waals surface area contributed by atoms with Gasteiger partial charge in [0.2, 0.25) is 0 Å². The van der Waals surface area contributed by atoms with Crippen molar-refractivity contribution in [2.75, 3.05) is 13.1 Å². The number of ether oxygens (including phenoxy) is 1. The molecule has 3 fully saturated rings. The largest absolute Gasteiger partial charge is 0.372 e. The number of alkyl halides is 1. The van der Waals surface area contributed by atoms with Crippen molar-refractivity contribution >= 4 is 5.91 Å². The molecule has 2 saturated heterocycles. The molecule has 1 saturated carbocycles. The Kier molecular flexibility index (Phi) is 7.70. The molecule has 2 aliphatic heterocycles. The Bertz CT molecular complexity index is 511. The molecule has 1 amide bonds. The fraction of sp³-hybridized carbons (Fsp3) is 0.952. The number of piperidine rings is 1. The highest BCUT2D eigenvalue weighted by molar-refractivity contribution is 5.82. The van der Waals surface area contributed by atoms with Gasteiger partial charge < -0.3 is 9.64 Å². The third kappa shape index (κ3) is 5.43. The maximum absolute atomic E-state index is 14.5. The summed E-state index contributed by atoms with van der Waals surface area (Å²) < 4.78 is 20.1. The zero-order valence-corrected chi connectivity index (χ0v) is 17.8. The lowest BCUT2D eigenvalue weighted by Gasteiger charge is -2.37. The smallest absolute Gasteiger partial charge is 0.255 e. The van der Waals surface area contributed by atoms with Crippen LogP contribution in [-0.4, -0.2) is 54.1 Å². The van der Waals surface area contributed by atoms with Gasteiger partial charge in [-0.05, 0) is 46.0 Å². The van der Waals surface area contributed by atoms with Crippen LogP contribution in [0.4, 0.5) is 4.39 Å². The summed E-state index contributed by atoms with van der Waals surface area (Å²) in [7, 11) is 0. The lowest BCUT2D eigenvalue weighted by Crippen LogP contribution is -2.57. The minimum atomic E-state index is -1.13. The number of halogens is 1. The molecule has 2 heterocycles. The Labute approximate surface area is 169 Å². The average Bonchev–Trinajstić information content (AvgIpc) is 3.11. The number of hydrogen-bond donors (Lipinski definition) is 3. The molecule has 162 valence electrons. The Morgan fingerprint density at radius 1 is 1.11 bits per heavy atom. The Morgan fingerprint density at radius 3 is 2.36 bits per heavy atom. The van der Waals surface area contributed by atoms with E-state index in [1.807, 2.05) is 13.8 Å². The summed E-state index contributed by atoms with van der Waals surface area (Å²) >= 11 is 0. The van der Waals surface area contributed by atoms with Gasteiger partial charge in [-0.3, -0.25) is 10.1 Å². The molecular weight excluding hydrogens is 359 g/mol. The van der Waals surface area contributed by atoms with Gasteiger partial charge in [0.25, 0.3) is 5.91 Å². The molecule has 6 nitrogen and oxygen atoms in total. The van der Waals surface area contributed by atoms with Gasteiger partial charge in [0, 0.05) is 6.54 Å². The first-order chi connectivity index (χ1) is 13.4. The van der Waals surface area contributed by atoms with E-state index in [0.717, 1.165) is 0 Å². The normalized spacial score (nSPS) is 36.2. The maximum Gasteiger partial charge on any atom is 0.255 e. The standard InChI is InChI=1S/C21H39FN4O2/c1-15(2)28-18-12-13-26(14-17(18)22)20(27)19-23-21(3,25-24-19)16-10-8-6-4-5-7-9-11-16/h15-19,23-25H,4-14H2,1-3H3/t17-,18+,19?,21?/m1/s1. The van der Waals surface area contributed by atoms with Crippen molar-refractivity contribution in [1.82, 2.24) is 21.1 Å². The second-order valence-corrected chi connectivity index (χ2v) is 9.26. The van der Waals surface area contributed by atoms with E-state index >= 15 is 0 Å². The minimum Gasteiger partial charge on any atom is -0.372 e. The van der Waals surface area contributed by atoms with Crippen LogP contribution in [0.2, 0.25) is 0 Å². The molecule has 2 unspecified atom stereocenters. The van der Waals surface area contributed by atoms with E-state index in [2.05, 4.69) is 23.1 Å². The quantitative estimate of drug-likeness (QED) is 0.680. The van der Waals surface area contributed by atoms with Gasteiger partial charge in [-0.25, -0.2) is 15.2 Å². The van der Waals surface area contributed by atoms with Crippen molar-refractivity contribution < 1.29 is 13.9 Å². The monoisotopic (exact) mass is 398 g/mol. The van der Waals surface area contributed by atoms with Crippen molar-refractivity contribution in [3.05, 3.63) is 0 Å². The zero-order valence-electron chi connectivity index (χ0n) is 17.8. The van der Waals surface area contributed by atoms with E-state index in [0.29, 0.717) is 18.9 Å². The molecular formula is C21H39FN4O2. The second kappa shape index (κ2) is 9.83. The number of carbonyl (C=O) groups is 1. The summed E-state index contributed by atoms with van der Waals surface area (Å²) in [6.07, 6.45) is 8.61. The van der Waals surface area contributed by atoms with Gasteiger partial charge in [0.1, 0.15) is 6.17 Å². The molecule has 0 bridgehead atoms. The first kappa shape index (κ1) is 21.9. The lowest BCUT2D eigenvalue weighted by molar-refractivity contribution is -0.141. The number of likely N-dealkylation sites (tertiary alicyclic amines) is 1. The second-order valence-electron chi connectivity index (χ2n) is 9.26. The van der Waals surface area contributed by atoms with E-state index in [9.17, 15) is 9.18 Å². The summed E-state index contributed by atoms with van der Waals surface area (Å²) in [4.78, 5) is 14.6. The molecule has 0 aromatic rings. The molecule has 1 aliphatic carbocycles. The van der Waals surface area contributed by atoms with Crippen LogP contribution in [0.3, 0.4) is 0 Å². The van der Waals surface area contributed by atoms with Crippen LogP contribution < -0.4 is 16.2 Å². The summed E-state index contributed by atoms with van der Waals surface area (Å²) in [5, 5.41) is 3.49. The number of carbonyl (C=O) groups excluding carboxylic acids is 1. The number of amides is 1. The zero-order chi connectivity index (χ0) is 20.1. The fourth-order valence-corrected chi connectivity index (χ4v) is 4.92. The highest BCUT2D eigenvalue weighted by atomic mass is 19.1. The van der Waals surface area contributed by atoms with Crippen LogP contribution in [-0.2, 0) is 9.53 Å². The van der Waals surface area contributed by atoms with Crippen molar-refractivity contribution in [2.45, 2.75) is 109 Å². The van der Waals surface area contributed by atoms with Crippen molar-refractivity contribution in [3.63, 3.8) is 0 Å². The van der Waals surface area contributed by atoms with E-state index in [1.54, 1.807) is 4.90 Å². The van der Waals surface area contributed by atoms with Crippen LogP contribution in [0, 0.1) is 5.92 Å².